The van der Waals surface area contributed by atoms with E-state index in [1.165, 1.54) is 0 Å². The smallest absolute Gasteiger partial charge is 0.255 e. The molecule has 0 radical (unpaired) electrons. The van der Waals surface area contributed by atoms with Gasteiger partial charge in [-0.3, -0.25) is 9.48 Å². The fraction of sp³-hybridized carbons (Fsp3) is 0.294. The second kappa shape index (κ2) is 7.02. The van der Waals surface area contributed by atoms with Gasteiger partial charge in [-0.05, 0) is 39.0 Å². The van der Waals surface area contributed by atoms with Crippen LogP contribution < -0.4 is 10.1 Å². The van der Waals surface area contributed by atoms with E-state index in [1.807, 2.05) is 33.9 Å². The molecule has 1 aromatic carbocycles. The maximum absolute atomic E-state index is 12.5. The summed E-state index contributed by atoms with van der Waals surface area (Å²) < 4.78 is 15.8. The Morgan fingerprint density at radius 2 is 2.04 bits per heavy atom. The molecule has 0 fully saturated rings. The molecule has 0 bridgehead atoms. The van der Waals surface area contributed by atoms with Crippen LogP contribution in [0.4, 0.5) is 5.69 Å². The molecule has 0 unspecified atom stereocenters. The number of anilines is 1. The molecule has 3 aromatic rings. The van der Waals surface area contributed by atoms with Gasteiger partial charge in [-0.1, -0.05) is 6.07 Å². The number of nitrogens with zero attached hydrogens (tertiary/aromatic N) is 4. The molecule has 1 N–H and O–H groups in total. The van der Waals surface area contributed by atoms with Gasteiger partial charge in [0.15, 0.2) is 0 Å². The van der Waals surface area contributed by atoms with Crippen LogP contribution in [0.15, 0.2) is 24.3 Å². The lowest BCUT2D eigenvalue weighted by Crippen LogP contribution is -2.13. The molecule has 8 heteroatoms. The summed E-state index contributed by atoms with van der Waals surface area (Å²) in [7, 11) is 1.85. The number of benzene rings is 1. The van der Waals surface area contributed by atoms with Crippen molar-refractivity contribution in [2.24, 2.45) is 7.05 Å². The molecule has 3 rings (SSSR count). The SMILES string of the molecule is Cc1nsnc1COc1cccc(C(=O)Nc2c(C)nn(C)c2C)c1. The van der Waals surface area contributed by atoms with Crippen LogP contribution in [0.1, 0.15) is 33.1 Å². The van der Waals surface area contributed by atoms with E-state index in [0.29, 0.717) is 17.9 Å². The van der Waals surface area contributed by atoms with Crippen molar-refractivity contribution in [3.8, 4) is 5.75 Å². The Bertz CT molecular complexity index is 916. The first-order valence-electron chi connectivity index (χ1n) is 7.78. The molecule has 2 aromatic heterocycles. The lowest BCUT2D eigenvalue weighted by atomic mass is 10.2. The summed E-state index contributed by atoms with van der Waals surface area (Å²) >= 11 is 1.16. The van der Waals surface area contributed by atoms with Crippen LogP contribution in [0, 0.1) is 20.8 Å². The van der Waals surface area contributed by atoms with Crippen molar-refractivity contribution in [3.63, 3.8) is 0 Å². The van der Waals surface area contributed by atoms with E-state index in [1.54, 1.807) is 22.9 Å². The molecule has 1 amide bonds. The largest absolute Gasteiger partial charge is 0.487 e. The third kappa shape index (κ3) is 3.69. The zero-order chi connectivity index (χ0) is 18.0. The molecular weight excluding hydrogens is 338 g/mol. The van der Waals surface area contributed by atoms with Gasteiger partial charge in [-0.15, -0.1) is 0 Å². The fourth-order valence-electron chi connectivity index (χ4n) is 2.40. The Morgan fingerprint density at radius 1 is 1.24 bits per heavy atom. The molecule has 7 nitrogen and oxygen atoms in total. The second-order valence-electron chi connectivity index (χ2n) is 5.74. The van der Waals surface area contributed by atoms with Crippen LogP contribution in [-0.4, -0.2) is 24.4 Å². The van der Waals surface area contributed by atoms with E-state index < -0.39 is 0 Å². The Labute approximate surface area is 150 Å². The Hall–Kier alpha value is -2.74. The van der Waals surface area contributed by atoms with Crippen molar-refractivity contribution in [3.05, 3.63) is 52.6 Å². The molecule has 2 heterocycles. The van der Waals surface area contributed by atoms with Gasteiger partial charge in [0.25, 0.3) is 5.91 Å². The van der Waals surface area contributed by atoms with Gasteiger partial charge in [-0.2, -0.15) is 13.8 Å². The van der Waals surface area contributed by atoms with Gasteiger partial charge in [-0.25, -0.2) is 0 Å². The number of amides is 1. The molecule has 0 spiro atoms. The number of carbonyl (C=O) groups excluding carboxylic acids is 1. The van der Waals surface area contributed by atoms with Crippen molar-refractivity contribution in [1.29, 1.82) is 0 Å². The average Bonchev–Trinajstić information content (AvgIpc) is 3.11. The van der Waals surface area contributed by atoms with E-state index in [0.717, 1.165) is 40.2 Å². The monoisotopic (exact) mass is 357 g/mol. The molecule has 0 aliphatic carbocycles. The van der Waals surface area contributed by atoms with Gasteiger partial charge >= 0.3 is 0 Å². The van der Waals surface area contributed by atoms with Crippen molar-refractivity contribution in [2.45, 2.75) is 27.4 Å². The molecule has 0 saturated heterocycles. The van der Waals surface area contributed by atoms with Crippen LogP contribution in [0.5, 0.6) is 5.75 Å². The zero-order valence-electron chi connectivity index (χ0n) is 14.5. The van der Waals surface area contributed by atoms with E-state index >= 15 is 0 Å². The minimum Gasteiger partial charge on any atom is -0.487 e. The summed E-state index contributed by atoms with van der Waals surface area (Å²) in [5.41, 5.74) is 4.62. The van der Waals surface area contributed by atoms with E-state index in [4.69, 9.17) is 4.74 Å². The predicted octanol–water partition coefficient (Wildman–Crippen LogP) is 3.03. The first-order valence-corrected chi connectivity index (χ1v) is 8.51. The molecule has 0 saturated carbocycles. The Morgan fingerprint density at radius 3 is 2.68 bits per heavy atom. The maximum atomic E-state index is 12.5. The number of rotatable bonds is 5. The summed E-state index contributed by atoms with van der Waals surface area (Å²) in [6.07, 6.45) is 0. The third-order valence-electron chi connectivity index (χ3n) is 3.97. The second-order valence-corrected chi connectivity index (χ2v) is 6.26. The highest BCUT2D eigenvalue weighted by Crippen LogP contribution is 2.21. The summed E-state index contributed by atoms with van der Waals surface area (Å²) in [6.45, 7) is 6.00. The van der Waals surface area contributed by atoms with Gasteiger partial charge < -0.3 is 10.1 Å². The predicted molar refractivity (Wildman–Crippen MR) is 96.1 cm³/mol. The molecule has 0 aliphatic rings. The van der Waals surface area contributed by atoms with Crippen LogP contribution in [0.2, 0.25) is 0 Å². The normalized spacial score (nSPS) is 10.7. The lowest BCUT2D eigenvalue weighted by Gasteiger charge is -2.08. The number of nitrogens with one attached hydrogen (secondary N) is 1. The Balaban J connectivity index is 1.72. The standard InChI is InChI=1S/C17H19N5O2S/c1-10-15(21-25-20-10)9-24-14-7-5-6-13(8-14)17(23)18-16-11(2)19-22(4)12(16)3/h5-8H,9H2,1-4H3,(H,18,23). The number of carbonyl (C=O) groups is 1. The van der Waals surface area contributed by atoms with Gasteiger partial charge in [0.05, 0.1) is 34.5 Å². The van der Waals surface area contributed by atoms with Crippen molar-refractivity contribution < 1.29 is 9.53 Å². The molecule has 130 valence electrons. The van der Waals surface area contributed by atoms with Gasteiger partial charge in [0, 0.05) is 12.6 Å². The summed E-state index contributed by atoms with van der Waals surface area (Å²) in [4.78, 5) is 12.5. The summed E-state index contributed by atoms with van der Waals surface area (Å²) in [5.74, 6) is 0.413. The zero-order valence-corrected chi connectivity index (χ0v) is 15.3. The third-order valence-corrected chi connectivity index (χ3v) is 4.62. The highest BCUT2D eigenvalue weighted by atomic mass is 32.1. The average molecular weight is 357 g/mol. The quantitative estimate of drug-likeness (QED) is 0.759. The molecule has 0 atom stereocenters. The van der Waals surface area contributed by atoms with Crippen LogP contribution >= 0.6 is 11.7 Å². The fourth-order valence-corrected chi connectivity index (χ4v) is 2.95. The van der Waals surface area contributed by atoms with Crippen LogP contribution in [0.25, 0.3) is 0 Å². The van der Waals surface area contributed by atoms with Crippen LogP contribution in [-0.2, 0) is 13.7 Å². The molecule has 25 heavy (non-hydrogen) atoms. The summed E-state index contributed by atoms with van der Waals surface area (Å²) in [6, 6.07) is 7.07. The topological polar surface area (TPSA) is 81.9 Å². The van der Waals surface area contributed by atoms with E-state index in [2.05, 4.69) is 19.2 Å². The summed E-state index contributed by atoms with van der Waals surface area (Å²) in [5, 5.41) is 7.23. The number of aryl methyl sites for hydroxylation is 3. The van der Waals surface area contributed by atoms with E-state index in [9.17, 15) is 4.79 Å². The van der Waals surface area contributed by atoms with Crippen molar-refractivity contribution in [1.82, 2.24) is 18.5 Å². The highest BCUT2D eigenvalue weighted by molar-refractivity contribution is 6.99. The molecular formula is C17H19N5O2S. The maximum Gasteiger partial charge on any atom is 0.255 e. The minimum absolute atomic E-state index is 0.198. The molecule has 0 aliphatic heterocycles. The minimum atomic E-state index is -0.198. The Kier molecular flexibility index (Phi) is 4.80. The number of hydrogen-bond acceptors (Lipinski definition) is 6. The first kappa shape index (κ1) is 17.1. The van der Waals surface area contributed by atoms with Crippen LogP contribution in [0.3, 0.4) is 0 Å². The van der Waals surface area contributed by atoms with E-state index in [-0.39, 0.29) is 5.91 Å². The van der Waals surface area contributed by atoms with Gasteiger partial charge in [0.1, 0.15) is 18.1 Å². The number of ether oxygens (including phenoxy) is 1. The lowest BCUT2D eigenvalue weighted by molar-refractivity contribution is 0.102. The number of hydrogen-bond donors (Lipinski definition) is 1. The van der Waals surface area contributed by atoms with Crippen molar-refractivity contribution in [2.75, 3.05) is 5.32 Å². The number of aromatic nitrogens is 4. The van der Waals surface area contributed by atoms with Gasteiger partial charge in [0.2, 0.25) is 0 Å². The highest BCUT2D eigenvalue weighted by Gasteiger charge is 2.14. The van der Waals surface area contributed by atoms with Crippen molar-refractivity contribution >= 4 is 23.3 Å². The first-order chi connectivity index (χ1) is 12.0.